The van der Waals surface area contributed by atoms with E-state index in [2.05, 4.69) is 25.5 Å². The van der Waals surface area contributed by atoms with E-state index in [1.165, 1.54) is 11.1 Å². The van der Waals surface area contributed by atoms with Crippen molar-refractivity contribution in [3.63, 3.8) is 0 Å². The Labute approximate surface area is 266 Å². The summed E-state index contributed by atoms with van der Waals surface area (Å²) in [6, 6.07) is 9.15. The van der Waals surface area contributed by atoms with E-state index in [1.54, 1.807) is 16.8 Å². The first kappa shape index (κ1) is 31.5. The first-order valence-corrected chi connectivity index (χ1v) is 15.4. The molecule has 0 unspecified atom stereocenters. The van der Waals surface area contributed by atoms with E-state index in [0.717, 1.165) is 17.7 Å². The summed E-state index contributed by atoms with van der Waals surface area (Å²) in [5, 5.41) is 11.4. The molecule has 3 fully saturated rings. The van der Waals surface area contributed by atoms with Gasteiger partial charge in [-0.3, -0.25) is 9.69 Å². The second-order valence-corrected chi connectivity index (χ2v) is 13.6. The van der Waals surface area contributed by atoms with E-state index < -0.39 is 30.9 Å². The fourth-order valence-corrected chi connectivity index (χ4v) is 7.20. The molecule has 3 aliphatic rings. The number of rotatable bonds is 8. The summed E-state index contributed by atoms with van der Waals surface area (Å²) >= 11 is 0. The second-order valence-electron chi connectivity index (χ2n) is 13.6. The third-order valence-electron chi connectivity index (χ3n) is 10.0. The average molecular weight is 660 g/mol. The Kier molecular flexibility index (Phi) is 7.54. The fourth-order valence-electron chi connectivity index (χ4n) is 7.20. The lowest BCUT2D eigenvalue weighted by atomic mass is 9.60. The van der Waals surface area contributed by atoms with Crippen molar-refractivity contribution in [2.24, 2.45) is 10.8 Å². The summed E-state index contributed by atoms with van der Waals surface area (Å²) in [5.41, 5.74) is 3.02. The molecule has 4 aromatic rings. The molecule has 1 N–H and O–H groups in total. The molecule has 15 heteroatoms. The Hall–Kier alpha value is -4.11. The third kappa shape index (κ3) is 5.94. The summed E-state index contributed by atoms with van der Waals surface area (Å²) in [4.78, 5) is 21.7. The van der Waals surface area contributed by atoms with Gasteiger partial charge in [0.25, 0.3) is 5.91 Å². The van der Waals surface area contributed by atoms with Crippen LogP contribution in [0.5, 0.6) is 0 Å². The molecule has 2 aliphatic heterocycles. The number of aryl methyl sites for hydroxylation is 1. The van der Waals surface area contributed by atoms with Crippen molar-refractivity contribution in [2.75, 3.05) is 42.9 Å². The minimum absolute atomic E-state index is 0.154. The molecule has 1 spiro atoms. The molecule has 1 aliphatic carbocycles. The molecule has 47 heavy (non-hydrogen) atoms. The number of nitrogens with zero attached hydrogens (tertiary/aromatic N) is 6. The van der Waals surface area contributed by atoms with Gasteiger partial charge in [0.1, 0.15) is 0 Å². The van der Waals surface area contributed by atoms with Gasteiger partial charge in [-0.05, 0) is 50.1 Å². The Bertz CT molecular complexity index is 1810. The van der Waals surface area contributed by atoms with Gasteiger partial charge in [-0.1, -0.05) is 31.1 Å². The molecule has 0 bridgehead atoms. The van der Waals surface area contributed by atoms with Gasteiger partial charge in [0.05, 0.1) is 29.9 Å². The van der Waals surface area contributed by atoms with Crippen LogP contribution in [0.4, 0.5) is 33.3 Å². The van der Waals surface area contributed by atoms with Gasteiger partial charge in [-0.15, -0.1) is 0 Å². The number of anilines is 2. The van der Waals surface area contributed by atoms with E-state index in [4.69, 9.17) is 9.26 Å². The number of halogens is 5. The van der Waals surface area contributed by atoms with Gasteiger partial charge in [0.15, 0.2) is 0 Å². The molecule has 10 nitrogen and oxygen atoms in total. The van der Waals surface area contributed by atoms with Gasteiger partial charge in [0, 0.05) is 59.5 Å². The minimum Gasteiger partial charge on any atom is -0.370 e. The van der Waals surface area contributed by atoms with Crippen molar-refractivity contribution in [3.05, 3.63) is 59.7 Å². The van der Waals surface area contributed by atoms with Crippen LogP contribution in [0.25, 0.3) is 16.9 Å². The zero-order valence-corrected chi connectivity index (χ0v) is 26.0. The summed E-state index contributed by atoms with van der Waals surface area (Å²) in [6.45, 7) is 3.94. The van der Waals surface area contributed by atoms with Gasteiger partial charge < -0.3 is 19.5 Å². The molecule has 250 valence electrons. The highest BCUT2D eigenvalue weighted by Gasteiger charge is 2.53. The molecule has 7 rings (SSSR count). The normalized spacial score (nSPS) is 22.2. The molecular formula is C32H34F5N7O3. The third-order valence-corrected chi connectivity index (χ3v) is 10.0. The van der Waals surface area contributed by atoms with Crippen LogP contribution in [0.2, 0.25) is 0 Å². The summed E-state index contributed by atoms with van der Waals surface area (Å²) in [5.74, 6) is 0.0428. The van der Waals surface area contributed by atoms with Crippen LogP contribution in [0.1, 0.15) is 54.4 Å². The highest BCUT2D eigenvalue weighted by Crippen LogP contribution is 2.54. The van der Waals surface area contributed by atoms with Crippen molar-refractivity contribution in [1.82, 2.24) is 24.7 Å². The number of ether oxygens (including phenoxy) is 1. The minimum atomic E-state index is -4.20. The van der Waals surface area contributed by atoms with Gasteiger partial charge in [-0.2, -0.15) is 32.0 Å². The first-order valence-electron chi connectivity index (χ1n) is 15.4. The summed E-state index contributed by atoms with van der Waals surface area (Å²) in [7, 11) is 0. The zero-order valence-electron chi connectivity index (χ0n) is 26.0. The quantitative estimate of drug-likeness (QED) is 0.225. The molecule has 0 radical (unpaired) electrons. The standard InChI is InChI=1S/C32H34F5N7O3/c1-18-4-5-19(26-40-28(47-41-26)22-12-25(30(22,2)3)46-29(33)34)10-23(18)39-27(45)21-13-38-44-8-6-20(11-24(21)44)43-15-31(16-43)7-9-42(14-31)17-32(35,36)37/h4-6,8,10-11,13,22,25,29H,7,9,12,14-17H2,1-3H3,(H,39,45)/t22-,25-/m1/s1. The maximum Gasteiger partial charge on any atom is 0.401 e. The molecule has 1 aromatic carbocycles. The number of carbonyl (C=O) groups excluding carboxylic acids is 1. The highest BCUT2D eigenvalue weighted by molar-refractivity contribution is 6.09. The molecule has 1 saturated carbocycles. The number of alkyl halides is 5. The van der Waals surface area contributed by atoms with E-state index in [0.29, 0.717) is 66.6 Å². The average Bonchev–Trinajstić information content (AvgIpc) is 3.73. The Balaban J connectivity index is 1.04. The lowest BCUT2D eigenvalue weighted by Crippen LogP contribution is -2.58. The van der Waals surface area contributed by atoms with Crippen LogP contribution in [-0.4, -0.2) is 82.2 Å². The van der Waals surface area contributed by atoms with Crippen molar-refractivity contribution < 1.29 is 36.0 Å². The van der Waals surface area contributed by atoms with Gasteiger partial charge in [-0.25, -0.2) is 4.52 Å². The van der Waals surface area contributed by atoms with Gasteiger partial charge >= 0.3 is 12.8 Å². The number of hydrogen-bond acceptors (Lipinski definition) is 8. The number of aromatic nitrogens is 4. The van der Waals surface area contributed by atoms with Crippen molar-refractivity contribution in [2.45, 2.75) is 58.4 Å². The molecular weight excluding hydrogens is 625 g/mol. The zero-order chi connectivity index (χ0) is 33.3. The lowest BCUT2D eigenvalue weighted by Gasteiger charge is -2.49. The Morgan fingerprint density at radius 2 is 1.96 bits per heavy atom. The van der Waals surface area contributed by atoms with Crippen molar-refractivity contribution in [3.8, 4) is 11.4 Å². The molecule has 5 heterocycles. The number of fused-ring (bicyclic) bond motifs is 1. The van der Waals surface area contributed by atoms with Crippen LogP contribution in [0, 0.1) is 17.8 Å². The molecule has 2 saturated heterocycles. The number of pyridine rings is 1. The predicted molar refractivity (Wildman–Crippen MR) is 161 cm³/mol. The predicted octanol–water partition coefficient (Wildman–Crippen LogP) is 6.14. The first-order chi connectivity index (χ1) is 22.2. The number of benzene rings is 1. The number of amides is 1. The summed E-state index contributed by atoms with van der Waals surface area (Å²) < 4.78 is 76.0. The number of carbonyl (C=O) groups is 1. The van der Waals surface area contributed by atoms with Crippen LogP contribution < -0.4 is 10.2 Å². The van der Waals surface area contributed by atoms with E-state index in [9.17, 15) is 26.7 Å². The SMILES string of the molecule is Cc1ccc(-c2noc([C@H]3C[C@@H](OC(F)F)C3(C)C)n2)cc1NC(=O)c1cnn2ccc(N3CC4(CCN(CC(F)(F)F)C4)C3)cc12. The number of likely N-dealkylation sites (tertiary alicyclic amines) is 1. The van der Waals surface area contributed by atoms with Crippen LogP contribution in [0.3, 0.4) is 0 Å². The maximum atomic E-state index is 13.5. The van der Waals surface area contributed by atoms with E-state index >= 15 is 0 Å². The highest BCUT2D eigenvalue weighted by atomic mass is 19.4. The number of nitrogens with one attached hydrogen (secondary N) is 1. The lowest BCUT2D eigenvalue weighted by molar-refractivity contribution is -0.229. The van der Waals surface area contributed by atoms with Crippen LogP contribution >= 0.6 is 0 Å². The van der Waals surface area contributed by atoms with Crippen molar-refractivity contribution >= 4 is 22.8 Å². The maximum absolute atomic E-state index is 13.5. The monoisotopic (exact) mass is 659 g/mol. The largest absolute Gasteiger partial charge is 0.401 e. The Morgan fingerprint density at radius 1 is 1.17 bits per heavy atom. The van der Waals surface area contributed by atoms with Crippen molar-refractivity contribution in [1.29, 1.82) is 0 Å². The molecule has 1 amide bonds. The second kappa shape index (κ2) is 11.3. The van der Waals surface area contributed by atoms with E-state index in [1.807, 2.05) is 45.0 Å². The van der Waals surface area contributed by atoms with Crippen LogP contribution in [-0.2, 0) is 4.74 Å². The molecule has 2 atom stereocenters. The van der Waals surface area contributed by atoms with Gasteiger partial charge in [0.2, 0.25) is 11.7 Å². The molecule has 3 aromatic heterocycles. The van der Waals surface area contributed by atoms with Crippen LogP contribution in [0.15, 0.2) is 47.2 Å². The van der Waals surface area contributed by atoms with E-state index in [-0.39, 0.29) is 17.2 Å². The topological polar surface area (TPSA) is 101 Å². The summed E-state index contributed by atoms with van der Waals surface area (Å²) in [6.07, 6.45) is -0.497. The smallest absolute Gasteiger partial charge is 0.370 e. The fraction of sp³-hybridized carbons (Fsp3) is 0.500. The Morgan fingerprint density at radius 3 is 2.68 bits per heavy atom. The number of hydrogen-bond donors (Lipinski definition) is 1.